The van der Waals surface area contributed by atoms with Crippen LogP contribution >= 0.6 is 0 Å². The highest BCUT2D eigenvalue weighted by Gasteiger charge is 2.32. The maximum atomic E-state index is 12.8. The zero-order valence-corrected chi connectivity index (χ0v) is 24.5. The standard InChI is InChI=1S/C36H36O8/c37-35(43-33-19-15-31(16-20-33)41-25-23-39-29-7-3-1-4-8-29)27-11-13-28(14-12-27)36(38)44-34-21-17-32(18-22-34)42-26-24-40-30-9-5-2-6-10-30/h1-10,15-22,27-28H,11-14,23-26H2. The van der Waals surface area contributed by atoms with Crippen molar-refractivity contribution in [2.45, 2.75) is 25.7 Å². The first kappa shape index (κ1) is 30.5. The Bertz CT molecular complexity index is 1320. The monoisotopic (exact) mass is 596 g/mol. The quantitative estimate of drug-likeness (QED) is 0.0881. The molecule has 0 spiro atoms. The lowest BCUT2D eigenvalue weighted by atomic mass is 9.82. The van der Waals surface area contributed by atoms with Gasteiger partial charge in [-0.2, -0.15) is 0 Å². The molecule has 8 nitrogen and oxygen atoms in total. The fraction of sp³-hybridized carbons (Fsp3) is 0.278. The zero-order chi connectivity index (χ0) is 30.4. The van der Waals surface area contributed by atoms with Gasteiger partial charge in [-0.05, 0) is 98.5 Å². The number of esters is 2. The second kappa shape index (κ2) is 16.0. The molecule has 0 bridgehead atoms. The van der Waals surface area contributed by atoms with E-state index in [9.17, 15) is 9.59 Å². The van der Waals surface area contributed by atoms with Crippen LogP contribution in [-0.2, 0) is 9.59 Å². The minimum Gasteiger partial charge on any atom is -0.490 e. The first-order valence-electron chi connectivity index (χ1n) is 14.9. The zero-order valence-electron chi connectivity index (χ0n) is 24.5. The van der Waals surface area contributed by atoms with Crippen molar-refractivity contribution >= 4 is 11.9 Å². The first-order chi connectivity index (χ1) is 21.6. The fourth-order valence-corrected chi connectivity index (χ4v) is 4.84. The van der Waals surface area contributed by atoms with E-state index in [1.807, 2.05) is 60.7 Å². The number of ether oxygens (including phenoxy) is 6. The van der Waals surface area contributed by atoms with Crippen LogP contribution in [0, 0.1) is 11.8 Å². The number of para-hydroxylation sites is 2. The fourth-order valence-electron chi connectivity index (χ4n) is 4.84. The first-order valence-corrected chi connectivity index (χ1v) is 14.9. The van der Waals surface area contributed by atoms with E-state index in [0.29, 0.717) is 75.1 Å². The minimum atomic E-state index is -0.286. The Kier molecular flexibility index (Phi) is 11.1. The van der Waals surface area contributed by atoms with Gasteiger partial charge >= 0.3 is 11.9 Å². The number of hydrogen-bond donors (Lipinski definition) is 0. The van der Waals surface area contributed by atoms with Gasteiger partial charge in [0.2, 0.25) is 0 Å². The third-order valence-electron chi connectivity index (χ3n) is 7.21. The third kappa shape index (κ3) is 9.52. The summed E-state index contributed by atoms with van der Waals surface area (Å²) in [7, 11) is 0. The lowest BCUT2D eigenvalue weighted by Gasteiger charge is -2.25. The van der Waals surface area contributed by atoms with Gasteiger partial charge in [0.15, 0.2) is 0 Å². The number of carbonyl (C=O) groups excluding carboxylic acids is 2. The largest absolute Gasteiger partial charge is 0.490 e. The van der Waals surface area contributed by atoms with Crippen LogP contribution in [0.5, 0.6) is 34.5 Å². The number of hydrogen-bond acceptors (Lipinski definition) is 8. The topological polar surface area (TPSA) is 89.5 Å². The molecule has 44 heavy (non-hydrogen) atoms. The summed E-state index contributed by atoms with van der Waals surface area (Å²) in [6.07, 6.45) is 2.27. The summed E-state index contributed by atoms with van der Waals surface area (Å²) in [6, 6.07) is 33.0. The van der Waals surface area contributed by atoms with Gasteiger partial charge in [-0.15, -0.1) is 0 Å². The molecule has 0 radical (unpaired) electrons. The second-order valence-electron chi connectivity index (χ2n) is 10.4. The van der Waals surface area contributed by atoms with E-state index in [1.54, 1.807) is 48.5 Å². The molecule has 0 unspecified atom stereocenters. The molecule has 5 rings (SSSR count). The molecule has 1 aliphatic carbocycles. The van der Waals surface area contributed by atoms with Crippen molar-refractivity contribution in [3.05, 3.63) is 109 Å². The second-order valence-corrected chi connectivity index (χ2v) is 10.4. The maximum Gasteiger partial charge on any atom is 0.314 e. The maximum absolute atomic E-state index is 12.8. The van der Waals surface area contributed by atoms with E-state index in [1.165, 1.54) is 0 Å². The van der Waals surface area contributed by atoms with E-state index >= 15 is 0 Å². The summed E-state index contributed by atoms with van der Waals surface area (Å²) in [5.74, 6) is 2.75. The average molecular weight is 597 g/mol. The molecule has 0 saturated heterocycles. The van der Waals surface area contributed by atoms with Crippen LogP contribution in [0.2, 0.25) is 0 Å². The normalized spacial score (nSPS) is 15.9. The smallest absolute Gasteiger partial charge is 0.314 e. The van der Waals surface area contributed by atoms with Crippen LogP contribution in [0.25, 0.3) is 0 Å². The van der Waals surface area contributed by atoms with Crippen molar-refractivity contribution in [3.8, 4) is 34.5 Å². The molecule has 4 aromatic rings. The van der Waals surface area contributed by atoms with Crippen molar-refractivity contribution in [1.29, 1.82) is 0 Å². The van der Waals surface area contributed by atoms with Gasteiger partial charge < -0.3 is 28.4 Å². The molecule has 0 atom stereocenters. The molecular weight excluding hydrogens is 560 g/mol. The molecule has 4 aromatic carbocycles. The van der Waals surface area contributed by atoms with Gasteiger partial charge in [-0.25, -0.2) is 0 Å². The molecule has 0 aliphatic heterocycles. The van der Waals surface area contributed by atoms with Crippen LogP contribution in [-0.4, -0.2) is 38.4 Å². The lowest BCUT2D eigenvalue weighted by Crippen LogP contribution is -2.30. The highest BCUT2D eigenvalue weighted by atomic mass is 16.5. The summed E-state index contributed by atoms with van der Waals surface area (Å²) in [5.41, 5.74) is 0. The molecule has 228 valence electrons. The van der Waals surface area contributed by atoms with Crippen LogP contribution in [0.4, 0.5) is 0 Å². The van der Waals surface area contributed by atoms with Gasteiger partial charge in [-0.1, -0.05) is 36.4 Å². The van der Waals surface area contributed by atoms with E-state index in [4.69, 9.17) is 28.4 Å². The lowest BCUT2D eigenvalue weighted by molar-refractivity contribution is -0.145. The number of carbonyl (C=O) groups is 2. The van der Waals surface area contributed by atoms with Crippen LogP contribution in [0.15, 0.2) is 109 Å². The summed E-state index contributed by atoms with van der Waals surface area (Å²) in [5, 5.41) is 0. The Morgan fingerprint density at radius 2 is 0.682 bits per heavy atom. The molecule has 0 heterocycles. The molecule has 0 N–H and O–H groups in total. The van der Waals surface area contributed by atoms with Gasteiger partial charge in [0.1, 0.15) is 60.9 Å². The molecule has 0 amide bonds. The Labute approximate surface area is 257 Å². The molecule has 1 aliphatic rings. The number of benzene rings is 4. The SMILES string of the molecule is O=C(Oc1ccc(OCCOc2ccccc2)cc1)C1CCC(C(=O)Oc2ccc(OCCOc3ccccc3)cc2)CC1. The Balaban J connectivity index is 0.968. The Hall–Kier alpha value is -4.98. The van der Waals surface area contributed by atoms with E-state index in [-0.39, 0.29) is 23.8 Å². The van der Waals surface area contributed by atoms with Crippen molar-refractivity contribution in [3.63, 3.8) is 0 Å². The van der Waals surface area contributed by atoms with Gasteiger partial charge in [-0.3, -0.25) is 9.59 Å². The molecule has 0 aromatic heterocycles. The summed E-state index contributed by atoms with van der Waals surface area (Å²) >= 11 is 0. The predicted molar refractivity (Wildman–Crippen MR) is 164 cm³/mol. The minimum absolute atomic E-state index is 0.257. The highest BCUT2D eigenvalue weighted by Crippen LogP contribution is 2.32. The van der Waals surface area contributed by atoms with Gasteiger partial charge in [0.25, 0.3) is 0 Å². The van der Waals surface area contributed by atoms with Crippen LogP contribution in [0.1, 0.15) is 25.7 Å². The van der Waals surface area contributed by atoms with Crippen molar-refractivity contribution in [2.24, 2.45) is 11.8 Å². The summed E-state index contributed by atoms with van der Waals surface area (Å²) in [4.78, 5) is 25.5. The van der Waals surface area contributed by atoms with Crippen molar-refractivity contribution in [2.75, 3.05) is 26.4 Å². The Morgan fingerprint density at radius 1 is 0.409 bits per heavy atom. The van der Waals surface area contributed by atoms with Gasteiger partial charge in [0, 0.05) is 0 Å². The van der Waals surface area contributed by atoms with E-state index < -0.39 is 0 Å². The van der Waals surface area contributed by atoms with Crippen molar-refractivity contribution < 1.29 is 38.0 Å². The van der Waals surface area contributed by atoms with Crippen molar-refractivity contribution in [1.82, 2.24) is 0 Å². The summed E-state index contributed by atoms with van der Waals surface area (Å²) in [6.45, 7) is 1.63. The summed E-state index contributed by atoms with van der Waals surface area (Å²) < 4.78 is 33.8. The Morgan fingerprint density at radius 3 is 1.00 bits per heavy atom. The number of rotatable bonds is 14. The van der Waals surface area contributed by atoms with E-state index in [0.717, 1.165) is 11.5 Å². The molecule has 1 saturated carbocycles. The van der Waals surface area contributed by atoms with E-state index in [2.05, 4.69) is 0 Å². The molecular formula is C36H36O8. The van der Waals surface area contributed by atoms with Gasteiger partial charge in [0.05, 0.1) is 11.8 Å². The average Bonchev–Trinajstić information content (AvgIpc) is 3.07. The predicted octanol–water partition coefficient (Wildman–Crippen LogP) is 6.92. The van der Waals surface area contributed by atoms with Crippen LogP contribution < -0.4 is 28.4 Å². The van der Waals surface area contributed by atoms with Crippen LogP contribution in [0.3, 0.4) is 0 Å². The highest BCUT2D eigenvalue weighted by molar-refractivity contribution is 5.77. The molecule has 1 fully saturated rings. The molecule has 8 heteroatoms. The third-order valence-corrected chi connectivity index (χ3v) is 7.21.